The Bertz CT molecular complexity index is 3150. The number of allylic oxidation sites excluding steroid dienone is 4. The predicted octanol–water partition coefficient (Wildman–Crippen LogP) is 13.0. The molecule has 54 heavy (non-hydrogen) atoms. The van der Waals surface area contributed by atoms with E-state index >= 15 is 0 Å². The van der Waals surface area contributed by atoms with Gasteiger partial charge in [-0.15, -0.1) is 0 Å². The molecule has 0 fully saturated rings. The molecule has 1 unspecified atom stereocenters. The third-order valence-corrected chi connectivity index (χ3v) is 10.7. The highest BCUT2D eigenvalue weighted by Gasteiger charge is 2.23. The minimum absolute atomic E-state index is 0.294. The first kappa shape index (κ1) is 30.5. The number of fused-ring (bicyclic) bond motifs is 7. The molecule has 11 rings (SSSR count). The molecule has 3 heterocycles. The van der Waals surface area contributed by atoms with Crippen LogP contribution in [0.15, 0.2) is 179 Å². The van der Waals surface area contributed by atoms with E-state index in [0.29, 0.717) is 23.4 Å². The summed E-state index contributed by atoms with van der Waals surface area (Å²) in [6.07, 6.45) is 7.54. The lowest BCUT2D eigenvalue weighted by Gasteiger charge is -2.17. The smallest absolute Gasteiger partial charge is 0.165 e. The molecule has 0 radical (unpaired) electrons. The fraction of sp³-hybridized carbons (Fsp3) is 0.0408. The summed E-state index contributed by atoms with van der Waals surface area (Å²) in [6, 6.07) is 52.4. The van der Waals surface area contributed by atoms with Gasteiger partial charge in [-0.25, -0.2) is 15.0 Å². The van der Waals surface area contributed by atoms with Gasteiger partial charge < -0.3 is 8.83 Å². The van der Waals surface area contributed by atoms with Crippen LogP contribution in [0.2, 0.25) is 0 Å². The molecule has 0 N–H and O–H groups in total. The van der Waals surface area contributed by atoms with Crippen LogP contribution in [0.4, 0.5) is 0 Å². The second-order valence-corrected chi connectivity index (χ2v) is 13.9. The Hall–Kier alpha value is -7.11. The van der Waals surface area contributed by atoms with Crippen molar-refractivity contribution in [2.24, 2.45) is 0 Å². The van der Waals surface area contributed by atoms with Gasteiger partial charge in [-0.2, -0.15) is 0 Å². The third kappa shape index (κ3) is 5.05. The van der Waals surface area contributed by atoms with Crippen LogP contribution in [-0.4, -0.2) is 15.0 Å². The third-order valence-electron chi connectivity index (χ3n) is 10.7. The monoisotopic (exact) mass is 693 g/mol. The average Bonchev–Trinajstić information content (AvgIpc) is 3.81. The minimum Gasteiger partial charge on any atom is -0.456 e. The Labute approximate surface area is 310 Å². The Morgan fingerprint density at radius 1 is 0.481 bits per heavy atom. The van der Waals surface area contributed by atoms with E-state index in [1.54, 1.807) is 0 Å². The Kier molecular flexibility index (Phi) is 6.92. The van der Waals surface area contributed by atoms with Crippen LogP contribution >= 0.6 is 0 Å². The normalized spacial score (nSPS) is 14.4. The Balaban J connectivity index is 1.17. The molecular formula is C49H31N3O2. The molecule has 0 amide bonds. The summed E-state index contributed by atoms with van der Waals surface area (Å²) in [6.45, 7) is 0. The van der Waals surface area contributed by atoms with Gasteiger partial charge in [-0.3, -0.25) is 0 Å². The maximum absolute atomic E-state index is 6.48. The van der Waals surface area contributed by atoms with Crippen molar-refractivity contribution in [3.05, 3.63) is 181 Å². The van der Waals surface area contributed by atoms with Crippen molar-refractivity contribution in [3.8, 4) is 33.9 Å². The average molecular weight is 694 g/mol. The molecule has 1 aliphatic carbocycles. The van der Waals surface area contributed by atoms with Gasteiger partial charge in [0.05, 0.1) is 0 Å². The van der Waals surface area contributed by atoms with Crippen molar-refractivity contribution in [1.82, 2.24) is 15.0 Å². The Morgan fingerprint density at radius 3 is 2.00 bits per heavy atom. The van der Waals surface area contributed by atoms with E-state index in [1.165, 1.54) is 10.9 Å². The molecule has 3 aromatic heterocycles. The quantitative estimate of drug-likeness (QED) is 0.179. The van der Waals surface area contributed by atoms with Crippen molar-refractivity contribution in [2.75, 3.05) is 0 Å². The highest BCUT2D eigenvalue weighted by atomic mass is 16.3. The predicted molar refractivity (Wildman–Crippen MR) is 219 cm³/mol. The van der Waals surface area contributed by atoms with Gasteiger partial charge in [0, 0.05) is 44.2 Å². The maximum atomic E-state index is 6.48. The van der Waals surface area contributed by atoms with Crippen LogP contribution in [0, 0.1) is 0 Å². The molecule has 5 nitrogen and oxygen atoms in total. The van der Waals surface area contributed by atoms with E-state index in [-0.39, 0.29) is 0 Å². The second-order valence-electron chi connectivity index (χ2n) is 13.9. The number of aromatic nitrogens is 3. The lowest BCUT2D eigenvalue weighted by Crippen LogP contribution is -2.05. The van der Waals surface area contributed by atoms with Gasteiger partial charge in [0.1, 0.15) is 22.3 Å². The first-order valence-corrected chi connectivity index (χ1v) is 18.3. The molecule has 0 saturated carbocycles. The van der Waals surface area contributed by atoms with Gasteiger partial charge in [0.25, 0.3) is 0 Å². The molecule has 0 bridgehead atoms. The van der Waals surface area contributed by atoms with Gasteiger partial charge in [0.2, 0.25) is 0 Å². The van der Waals surface area contributed by atoms with E-state index in [9.17, 15) is 0 Å². The molecule has 254 valence electrons. The number of rotatable bonds is 5. The fourth-order valence-corrected chi connectivity index (χ4v) is 7.99. The number of hydrogen-bond donors (Lipinski definition) is 0. The number of furan rings is 2. The minimum atomic E-state index is 0.294. The van der Waals surface area contributed by atoms with Crippen molar-refractivity contribution < 1.29 is 8.83 Å². The molecule has 0 aliphatic heterocycles. The molecule has 10 aromatic rings. The van der Waals surface area contributed by atoms with Crippen molar-refractivity contribution >= 4 is 60.2 Å². The van der Waals surface area contributed by atoms with E-state index in [1.807, 2.05) is 24.3 Å². The van der Waals surface area contributed by atoms with Crippen LogP contribution in [-0.2, 0) is 0 Å². The summed E-state index contributed by atoms with van der Waals surface area (Å²) >= 11 is 0. The van der Waals surface area contributed by atoms with Gasteiger partial charge in [-0.05, 0) is 76.3 Å². The summed E-state index contributed by atoms with van der Waals surface area (Å²) in [5.41, 5.74) is 9.45. The van der Waals surface area contributed by atoms with Crippen LogP contribution in [0.3, 0.4) is 0 Å². The summed E-state index contributed by atoms with van der Waals surface area (Å²) in [7, 11) is 0. The molecule has 5 heteroatoms. The number of nitrogens with zero attached hydrogens (tertiary/aromatic N) is 3. The molecule has 7 aromatic carbocycles. The maximum Gasteiger partial charge on any atom is 0.165 e. The molecule has 1 atom stereocenters. The largest absolute Gasteiger partial charge is 0.456 e. The van der Waals surface area contributed by atoms with E-state index < -0.39 is 0 Å². The van der Waals surface area contributed by atoms with Crippen molar-refractivity contribution in [3.63, 3.8) is 0 Å². The van der Waals surface area contributed by atoms with E-state index in [0.717, 1.165) is 83.5 Å². The molecule has 1 aliphatic rings. The standard InChI is InChI=1S/C49H31N3O2/c1-2-10-30(11-3-1)32-18-21-33(22-19-32)47-50-48(36-23-20-31-12-4-5-13-34(31)28-36)52-49(51-47)46-37(25-27-44-45(46)39-15-7-9-17-42(39)54-44)35-24-26-43-40(29-35)38-14-6-8-16-41(38)53-43/h1-18,20-29,32H,19H2. The lowest BCUT2D eigenvalue weighted by molar-refractivity contribution is 0.668. The fourth-order valence-electron chi connectivity index (χ4n) is 7.99. The van der Waals surface area contributed by atoms with Crippen LogP contribution < -0.4 is 0 Å². The van der Waals surface area contributed by atoms with Gasteiger partial charge in [0.15, 0.2) is 17.5 Å². The zero-order chi connectivity index (χ0) is 35.6. The zero-order valence-electron chi connectivity index (χ0n) is 29.1. The lowest BCUT2D eigenvalue weighted by atomic mass is 9.90. The highest BCUT2D eigenvalue weighted by Crippen LogP contribution is 2.44. The van der Waals surface area contributed by atoms with Crippen molar-refractivity contribution in [1.29, 1.82) is 0 Å². The summed E-state index contributed by atoms with van der Waals surface area (Å²) in [5, 5.41) is 6.42. The molecule has 0 saturated heterocycles. The summed E-state index contributed by atoms with van der Waals surface area (Å²) in [5.74, 6) is 2.14. The van der Waals surface area contributed by atoms with E-state index in [2.05, 4.69) is 146 Å². The number of hydrogen-bond acceptors (Lipinski definition) is 5. The summed E-state index contributed by atoms with van der Waals surface area (Å²) in [4.78, 5) is 15.8. The van der Waals surface area contributed by atoms with Crippen LogP contribution in [0.5, 0.6) is 0 Å². The van der Waals surface area contributed by atoms with E-state index in [4.69, 9.17) is 23.8 Å². The first-order chi connectivity index (χ1) is 26.7. The number of benzene rings is 7. The van der Waals surface area contributed by atoms with Crippen LogP contribution in [0.25, 0.3) is 94.1 Å². The zero-order valence-corrected chi connectivity index (χ0v) is 29.1. The van der Waals surface area contributed by atoms with Gasteiger partial charge in [-0.1, -0.05) is 127 Å². The Morgan fingerprint density at radius 2 is 1.15 bits per heavy atom. The summed E-state index contributed by atoms with van der Waals surface area (Å²) < 4.78 is 12.7. The SMILES string of the molecule is C1=CC(c2ccccc2)CC=C1c1nc(-c2ccc3ccccc3c2)nc(-c2c(-c3ccc4oc5ccccc5c4c3)ccc3oc4ccccc4c23)n1. The second kappa shape index (κ2) is 12.2. The number of para-hydroxylation sites is 2. The molecular weight excluding hydrogens is 663 g/mol. The first-order valence-electron chi connectivity index (χ1n) is 18.3. The molecule has 0 spiro atoms. The van der Waals surface area contributed by atoms with Crippen molar-refractivity contribution in [2.45, 2.75) is 12.3 Å². The van der Waals surface area contributed by atoms with Crippen LogP contribution in [0.1, 0.15) is 23.7 Å². The van der Waals surface area contributed by atoms with Gasteiger partial charge >= 0.3 is 0 Å². The topological polar surface area (TPSA) is 65.0 Å². The highest BCUT2D eigenvalue weighted by molar-refractivity contribution is 6.16.